The summed E-state index contributed by atoms with van der Waals surface area (Å²) in [5.41, 5.74) is 3.06. The highest BCUT2D eigenvalue weighted by atomic mass is 16.5. The fourth-order valence-corrected chi connectivity index (χ4v) is 3.33. The van der Waals surface area contributed by atoms with E-state index in [9.17, 15) is 0 Å². The number of aryl methyl sites for hydroxylation is 1. The van der Waals surface area contributed by atoms with Gasteiger partial charge in [0.2, 0.25) is 0 Å². The van der Waals surface area contributed by atoms with E-state index in [2.05, 4.69) is 43.9 Å². The molecule has 1 aliphatic heterocycles. The van der Waals surface area contributed by atoms with E-state index < -0.39 is 0 Å². The molecule has 1 fully saturated rings. The lowest BCUT2D eigenvalue weighted by atomic mass is 10.2. The Balaban J connectivity index is 1.54. The molecule has 0 spiro atoms. The van der Waals surface area contributed by atoms with Gasteiger partial charge in [-0.3, -0.25) is 9.88 Å². The predicted molar refractivity (Wildman–Crippen MR) is 96.3 cm³/mol. The number of hydrogen-bond acceptors (Lipinski definition) is 6. The van der Waals surface area contributed by atoms with E-state index >= 15 is 0 Å². The quantitative estimate of drug-likeness (QED) is 0.784. The van der Waals surface area contributed by atoms with E-state index in [1.165, 1.54) is 0 Å². The van der Waals surface area contributed by atoms with Gasteiger partial charge in [0.1, 0.15) is 23.4 Å². The summed E-state index contributed by atoms with van der Waals surface area (Å²) >= 11 is 0. The average Bonchev–Trinajstić information content (AvgIpc) is 2.98. The first-order valence-corrected chi connectivity index (χ1v) is 8.49. The van der Waals surface area contributed by atoms with Crippen molar-refractivity contribution < 1.29 is 4.74 Å². The second-order valence-corrected chi connectivity index (χ2v) is 6.21. The maximum atomic E-state index is 5.95. The van der Waals surface area contributed by atoms with Crippen LogP contribution in [0.15, 0.2) is 36.7 Å². The van der Waals surface area contributed by atoms with Crippen molar-refractivity contribution in [3.8, 4) is 0 Å². The van der Waals surface area contributed by atoms with Gasteiger partial charge in [-0.2, -0.15) is 0 Å². The lowest BCUT2D eigenvalue weighted by Gasteiger charge is -2.32. The normalized spacial score (nSPS) is 18.6. The molecule has 0 radical (unpaired) electrons. The fraction of sp³-hybridized carbons (Fsp3) is 0.389. The second-order valence-electron chi connectivity index (χ2n) is 6.21. The fourth-order valence-electron chi connectivity index (χ4n) is 3.33. The molecule has 0 aliphatic carbocycles. The number of nitrogens with one attached hydrogen (secondary N) is 1. The van der Waals surface area contributed by atoms with Crippen LogP contribution in [0.3, 0.4) is 0 Å². The van der Waals surface area contributed by atoms with Crippen molar-refractivity contribution in [3.05, 3.63) is 48.2 Å². The predicted octanol–water partition coefficient (Wildman–Crippen LogP) is 1.98. The third-order valence-electron chi connectivity index (χ3n) is 4.66. The van der Waals surface area contributed by atoms with Gasteiger partial charge in [0.25, 0.3) is 0 Å². The number of fused-ring (bicyclic) bond motifs is 1. The molecular formula is C18H22N6O. The molecule has 130 valence electrons. The van der Waals surface area contributed by atoms with Gasteiger partial charge in [-0.05, 0) is 12.1 Å². The first kappa shape index (κ1) is 16.0. The van der Waals surface area contributed by atoms with Crippen LogP contribution >= 0.6 is 0 Å². The van der Waals surface area contributed by atoms with Crippen LogP contribution in [0.2, 0.25) is 0 Å². The maximum absolute atomic E-state index is 5.95. The monoisotopic (exact) mass is 338 g/mol. The van der Waals surface area contributed by atoms with E-state index in [0.717, 1.165) is 48.0 Å². The smallest absolute Gasteiger partial charge is 0.150 e. The van der Waals surface area contributed by atoms with Crippen LogP contribution in [0.1, 0.15) is 17.6 Å². The molecule has 1 N–H and O–H groups in total. The minimum Gasteiger partial charge on any atom is -0.372 e. The molecule has 1 aliphatic rings. The number of benzene rings is 1. The van der Waals surface area contributed by atoms with Crippen molar-refractivity contribution >= 4 is 16.9 Å². The molecular weight excluding hydrogens is 316 g/mol. The minimum absolute atomic E-state index is 0.0837. The number of ether oxygens (including phenoxy) is 1. The highest BCUT2D eigenvalue weighted by molar-refractivity contribution is 5.75. The Hall–Kier alpha value is -2.51. The molecule has 7 nitrogen and oxygen atoms in total. The van der Waals surface area contributed by atoms with Crippen LogP contribution in [0, 0.1) is 0 Å². The number of rotatable bonds is 4. The zero-order valence-corrected chi connectivity index (χ0v) is 14.5. The van der Waals surface area contributed by atoms with Crippen molar-refractivity contribution in [3.63, 3.8) is 0 Å². The van der Waals surface area contributed by atoms with E-state index in [4.69, 9.17) is 9.72 Å². The number of hydrogen-bond donors (Lipinski definition) is 1. The van der Waals surface area contributed by atoms with Crippen molar-refractivity contribution in [1.82, 2.24) is 24.4 Å². The molecule has 3 heterocycles. The van der Waals surface area contributed by atoms with Crippen molar-refractivity contribution in [2.24, 2.45) is 7.05 Å². The standard InChI is InChI=1S/C18H22N6O/c1-19-18-17(20-7-8-21-18)15-11-24(9-10-25-15)12-16-22-13-5-3-4-6-14(13)23(16)2/h3-8,15H,9-12H2,1-2H3,(H,19,21)/t15-/m1/s1. The summed E-state index contributed by atoms with van der Waals surface area (Å²) in [7, 11) is 3.93. The summed E-state index contributed by atoms with van der Waals surface area (Å²) in [6, 6.07) is 8.23. The summed E-state index contributed by atoms with van der Waals surface area (Å²) in [6.45, 7) is 3.12. The highest BCUT2D eigenvalue weighted by Gasteiger charge is 2.26. The zero-order valence-electron chi connectivity index (χ0n) is 14.5. The maximum Gasteiger partial charge on any atom is 0.150 e. The number of morpholine rings is 1. The molecule has 4 rings (SSSR count). The first-order chi connectivity index (χ1) is 12.3. The van der Waals surface area contributed by atoms with Gasteiger partial charge in [0.15, 0.2) is 0 Å². The number of para-hydroxylation sites is 2. The van der Waals surface area contributed by atoms with Crippen molar-refractivity contribution in [2.45, 2.75) is 12.6 Å². The number of anilines is 1. The van der Waals surface area contributed by atoms with E-state index in [0.29, 0.717) is 6.61 Å². The van der Waals surface area contributed by atoms with Crippen molar-refractivity contribution in [1.29, 1.82) is 0 Å². The third kappa shape index (κ3) is 3.08. The lowest BCUT2D eigenvalue weighted by Crippen LogP contribution is -2.38. The minimum atomic E-state index is -0.0837. The summed E-state index contributed by atoms with van der Waals surface area (Å²) in [5, 5.41) is 3.10. The van der Waals surface area contributed by atoms with Crippen LogP contribution in [0.4, 0.5) is 5.82 Å². The van der Waals surface area contributed by atoms with Crippen LogP contribution in [-0.2, 0) is 18.3 Å². The third-order valence-corrected chi connectivity index (χ3v) is 4.66. The average molecular weight is 338 g/mol. The van der Waals surface area contributed by atoms with E-state index in [1.807, 2.05) is 19.2 Å². The SMILES string of the molecule is CNc1nccnc1[C@H]1CN(Cc2nc3ccccc3n2C)CCO1. The lowest BCUT2D eigenvalue weighted by molar-refractivity contribution is -0.0356. The molecule has 0 bridgehead atoms. The molecule has 1 saturated heterocycles. The van der Waals surface area contributed by atoms with Gasteiger partial charge < -0.3 is 14.6 Å². The Labute approximate surface area is 146 Å². The first-order valence-electron chi connectivity index (χ1n) is 8.49. The molecule has 0 saturated carbocycles. The number of nitrogens with zero attached hydrogens (tertiary/aromatic N) is 5. The van der Waals surface area contributed by atoms with Crippen molar-refractivity contribution in [2.75, 3.05) is 32.1 Å². The van der Waals surface area contributed by atoms with Gasteiger partial charge in [-0.1, -0.05) is 12.1 Å². The number of aromatic nitrogens is 4. The Bertz CT molecular complexity index is 877. The molecule has 7 heteroatoms. The molecule has 1 atom stereocenters. The van der Waals surface area contributed by atoms with Gasteiger partial charge in [0.05, 0.1) is 24.2 Å². The van der Waals surface area contributed by atoms with E-state index in [1.54, 1.807) is 12.4 Å². The largest absolute Gasteiger partial charge is 0.372 e. The van der Waals surface area contributed by atoms with Crippen LogP contribution in [0.25, 0.3) is 11.0 Å². The topological polar surface area (TPSA) is 68.1 Å². The van der Waals surface area contributed by atoms with Gasteiger partial charge >= 0.3 is 0 Å². The summed E-state index contributed by atoms with van der Waals surface area (Å²) < 4.78 is 8.12. The summed E-state index contributed by atoms with van der Waals surface area (Å²) in [4.78, 5) is 15.9. The van der Waals surface area contributed by atoms with Gasteiger partial charge in [-0.15, -0.1) is 0 Å². The van der Waals surface area contributed by atoms with Crippen LogP contribution in [0.5, 0.6) is 0 Å². The van der Waals surface area contributed by atoms with Gasteiger partial charge in [-0.25, -0.2) is 9.97 Å². The number of imidazole rings is 1. The molecule has 2 aromatic heterocycles. The van der Waals surface area contributed by atoms with E-state index in [-0.39, 0.29) is 6.10 Å². The summed E-state index contributed by atoms with van der Waals surface area (Å²) in [5.74, 6) is 1.84. The molecule has 3 aromatic rings. The Morgan fingerprint density at radius 3 is 2.92 bits per heavy atom. The molecule has 0 amide bonds. The molecule has 25 heavy (non-hydrogen) atoms. The highest BCUT2D eigenvalue weighted by Crippen LogP contribution is 2.26. The van der Waals surface area contributed by atoms with Gasteiger partial charge in [0, 0.05) is 39.6 Å². The summed E-state index contributed by atoms with van der Waals surface area (Å²) in [6.07, 6.45) is 3.32. The van der Waals surface area contributed by atoms with Crippen LogP contribution < -0.4 is 5.32 Å². The Kier molecular flexibility index (Phi) is 4.33. The zero-order chi connectivity index (χ0) is 17.2. The Morgan fingerprint density at radius 2 is 2.08 bits per heavy atom. The molecule has 1 aromatic carbocycles. The second kappa shape index (κ2) is 6.78. The molecule has 0 unspecified atom stereocenters. The van der Waals surface area contributed by atoms with Crippen LogP contribution in [-0.4, -0.2) is 51.2 Å². The Morgan fingerprint density at radius 1 is 1.24 bits per heavy atom.